The van der Waals surface area contributed by atoms with Crippen LogP contribution in [0.4, 0.5) is 5.69 Å². The lowest BCUT2D eigenvalue weighted by Crippen LogP contribution is -2.08. The fraction of sp³-hybridized carbons (Fsp3) is 0.250. The van der Waals surface area contributed by atoms with Crippen LogP contribution in [0.5, 0.6) is 0 Å². The molecule has 1 aromatic heterocycles. The van der Waals surface area contributed by atoms with Gasteiger partial charge in [-0.1, -0.05) is 0 Å². The zero-order valence-electron chi connectivity index (χ0n) is 6.33. The van der Waals surface area contributed by atoms with E-state index in [9.17, 15) is 0 Å². The van der Waals surface area contributed by atoms with Crippen LogP contribution in [0.3, 0.4) is 0 Å². The minimum atomic E-state index is 0.811. The molecule has 0 saturated carbocycles. The number of pyridine rings is 1. The summed E-state index contributed by atoms with van der Waals surface area (Å²) >= 11 is 0. The lowest BCUT2D eigenvalue weighted by molar-refractivity contribution is 1.11. The van der Waals surface area contributed by atoms with E-state index in [1.54, 1.807) is 6.20 Å². The Balaban J connectivity index is 2.96. The molecule has 0 amide bonds. The highest BCUT2D eigenvalue weighted by Crippen LogP contribution is 2.09. The summed E-state index contributed by atoms with van der Waals surface area (Å²) in [5.41, 5.74) is 1.95. The zero-order chi connectivity index (χ0) is 7.56. The molecule has 0 spiro atoms. The highest BCUT2D eigenvalue weighted by atomic mass is 15.1. The lowest BCUT2D eigenvalue weighted by Gasteiger charge is -2.11. The Morgan fingerprint density at radius 2 is 2.20 bits per heavy atom. The summed E-state index contributed by atoms with van der Waals surface area (Å²) in [6, 6.07) is 3.90. The molecule has 0 aliphatic rings. The summed E-state index contributed by atoms with van der Waals surface area (Å²) in [4.78, 5) is 6.01. The highest BCUT2D eigenvalue weighted by Gasteiger charge is 1.92. The number of nitrogens with zero attached hydrogens (tertiary/aromatic N) is 2. The molecule has 0 saturated heterocycles. The maximum Gasteiger partial charge on any atom is 0.0428 e. The maximum atomic E-state index is 3.98. The van der Waals surface area contributed by atoms with Crippen LogP contribution in [0.25, 0.3) is 0 Å². The van der Waals surface area contributed by atoms with Crippen molar-refractivity contribution in [1.29, 1.82) is 0 Å². The van der Waals surface area contributed by atoms with Crippen molar-refractivity contribution in [1.82, 2.24) is 4.98 Å². The van der Waals surface area contributed by atoms with E-state index in [1.807, 2.05) is 31.1 Å². The van der Waals surface area contributed by atoms with Crippen molar-refractivity contribution in [2.24, 2.45) is 0 Å². The Bertz CT molecular complexity index is 218. The summed E-state index contributed by atoms with van der Waals surface area (Å²) in [6.45, 7) is 3.73. The fourth-order valence-electron chi connectivity index (χ4n) is 0.744. The second-order valence-corrected chi connectivity index (χ2v) is 2.40. The summed E-state index contributed by atoms with van der Waals surface area (Å²) in [5.74, 6) is 0. The van der Waals surface area contributed by atoms with Crippen LogP contribution in [-0.2, 0) is 0 Å². The molecule has 2 nitrogen and oxygen atoms in total. The molecule has 0 aliphatic carbocycles. The summed E-state index contributed by atoms with van der Waals surface area (Å²) in [5, 5.41) is 0. The second kappa shape index (κ2) is 2.69. The Morgan fingerprint density at radius 3 is 2.60 bits per heavy atom. The van der Waals surface area contributed by atoms with Gasteiger partial charge in [0.25, 0.3) is 0 Å². The van der Waals surface area contributed by atoms with Crippen molar-refractivity contribution in [3.8, 4) is 0 Å². The number of hydrogen-bond donors (Lipinski definition) is 0. The van der Waals surface area contributed by atoms with Gasteiger partial charge in [0, 0.05) is 31.7 Å². The maximum absolute atomic E-state index is 3.98. The summed E-state index contributed by atoms with van der Waals surface area (Å²) < 4.78 is 0. The van der Waals surface area contributed by atoms with Crippen molar-refractivity contribution in [2.75, 3.05) is 19.0 Å². The van der Waals surface area contributed by atoms with Gasteiger partial charge in [-0.05, 0) is 19.1 Å². The van der Waals surface area contributed by atoms with Crippen LogP contribution < -0.4 is 4.90 Å². The van der Waals surface area contributed by atoms with Crippen LogP contribution in [-0.4, -0.2) is 19.1 Å². The van der Waals surface area contributed by atoms with Crippen LogP contribution in [0.15, 0.2) is 18.3 Å². The van der Waals surface area contributed by atoms with E-state index in [-0.39, 0.29) is 0 Å². The standard InChI is InChI=1S/C8H11N2/c1-7-6-8(10(2)3)4-5-9-7/h4-6H,1H2,2-3H3. The quantitative estimate of drug-likeness (QED) is 0.577. The monoisotopic (exact) mass is 135 g/mol. The lowest BCUT2D eigenvalue weighted by atomic mass is 10.3. The average molecular weight is 135 g/mol. The first-order chi connectivity index (χ1) is 4.70. The van der Waals surface area contributed by atoms with E-state index in [4.69, 9.17) is 0 Å². The third-order valence-electron chi connectivity index (χ3n) is 1.32. The van der Waals surface area contributed by atoms with Crippen molar-refractivity contribution < 1.29 is 0 Å². The molecule has 10 heavy (non-hydrogen) atoms. The van der Waals surface area contributed by atoms with E-state index >= 15 is 0 Å². The molecular weight excluding hydrogens is 124 g/mol. The van der Waals surface area contributed by atoms with Gasteiger partial charge in [0.1, 0.15) is 0 Å². The van der Waals surface area contributed by atoms with Crippen LogP contribution >= 0.6 is 0 Å². The predicted octanol–water partition coefficient (Wildman–Crippen LogP) is 1.33. The zero-order valence-corrected chi connectivity index (χ0v) is 6.33. The van der Waals surface area contributed by atoms with Gasteiger partial charge in [-0.2, -0.15) is 0 Å². The fourth-order valence-corrected chi connectivity index (χ4v) is 0.744. The van der Waals surface area contributed by atoms with E-state index in [1.165, 1.54) is 0 Å². The average Bonchev–Trinajstić information content (AvgIpc) is 1.88. The molecule has 1 rings (SSSR count). The van der Waals surface area contributed by atoms with Crippen LogP contribution in [0, 0.1) is 6.92 Å². The third-order valence-corrected chi connectivity index (χ3v) is 1.32. The normalized spacial score (nSPS) is 9.50. The summed E-state index contributed by atoms with van der Waals surface area (Å²) in [7, 11) is 3.99. The largest absolute Gasteiger partial charge is 0.378 e. The van der Waals surface area contributed by atoms with Crippen molar-refractivity contribution >= 4 is 5.69 Å². The van der Waals surface area contributed by atoms with Crippen molar-refractivity contribution in [2.45, 2.75) is 0 Å². The third kappa shape index (κ3) is 1.47. The van der Waals surface area contributed by atoms with Gasteiger partial charge < -0.3 is 4.90 Å². The van der Waals surface area contributed by atoms with Gasteiger partial charge in [-0.15, -0.1) is 0 Å². The van der Waals surface area contributed by atoms with Gasteiger partial charge >= 0.3 is 0 Å². The van der Waals surface area contributed by atoms with E-state index in [2.05, 4.69) is 11.9 Å². The smallest absolute Gasteiger partial charge is 0.0428 e. The first-order valence-electron chi connectivity index (χ1n) is 3.15. The molecule has 0 unspecified atom stereocenters. The van der Waals surface area contributed by atoms with Gasteiger partial charge in [0.05, 0.1) is 0 Å². The van der Waals surface area contributed by atoms with E-state index < -0.39 is 0 Å². The van der Waals surface area contributed by atoms with E-state index in [0.29, 0.717) is 0 Å². The molecule has 0 N–H and O–H groups in total. The molecule has 53 valence electrons. The molecule has 2 heteroatoms. The molecule has 1 heterocycles. The number of hydrogen-bond acceptors (Lipinski definition) is 2. The van der Waals surface area contributed by atoms with Gasteiger partial charge in [-0.3, -0.25) is 4.98 Å². The minimum Gasteiger partial charge on any atom is -0.378 e. The molecule has 0 bridgehead atoms. The Kier molecular flexibility index (Phi) is 1.90. The molecule has 0 fully saturated rings. The topological polar surface area (TPSA) is 16.1 Å². The second-order valence-electron chi connectivity index (χ2n) is 2.40. The SMILES string of the molecule is [CH2]c1cc(N(C)C)ccn1. The van der Waals surface area contributed by atoms with Gasteiger partial charge in [-0.25, -0.2) is 0 Å². The Labute approximate surface area is 61.5 Å². The molecule has 0 atom stereocenters. The highest BCUT2D eigenvalue weighted by molar-refractivity contribution is 5.45. The van der Waals surface area contributed by atoms with E-state index in [0.717, 1.165) is 11.4 Å². The van der Waals surface area contributed by atoms with Crippen molar-refractivity contribution in [3.05, 3.63) is 30.9 Å². The van der Waals surface area contributed by atoms with Gasteiger partial charge in [0.15, 0.2) is 0 Å². The molecular formula is C8H11N2. The molecule has 0 aromatic carbocycles. The molecule has 1 aromatic rings. The Hall–Kier alpha value is -1.05. The van der Waals surface area contributed by atoms with Crippen molar-refractivity contribution in [3.63, 3.8) is 0 Å². The number of aromatic nitrogens is 1. The first-order valence-corrected chi connectivity index (χ1v) is 3.15. The molecule has 0 aliphatic heterocycles. The predicted molar refractivity (Wildman–Crippen MR) is 43.0 cm³/mol. The minimum absolute atomic E-state index is 0.811. The Morgan fingerprint density at radius 1 is 1.50 bits per heavy atom. The van der Waals surface area contributed by atoms with Gasteiger partial charge in [0.2, 0.25) is 0 Å². The molecule has 1 radical (unpaired) electrons. The van der Waals surface area contributed by atoms with Crippen LogP contribution in [0.1, 0.15) is 5.69 Å². The number of rotatable bonds is 1. The number of anilines is 1. The first kappa shape index (κ1) is 7.06. The summed E-state index contributed by atoms with van der Waals surface area (Å²) in [6.07, 6.45) is 1.76. The van der Waals surface area contributed by atoms with Crippen LogP contribution in [0.2, 0.25) is 0 Å².